The second kappa shape index (κ2) is 21.0. The van der Waals surface area contributed by atoms with Crippen LogP contribution in [0.2, 0.25) is 0 Å². The number of nitrogens with one attached hydrogen (secondary N) is 2. The zero-order valence-electron chi connectivity index (χ0n) is 35.1. The molecule has 3 aromatic carbocycles. The SMILES string of the molecule is CC1(C)CN(Cc2ccc(NCCOCCOCCOCCOCCOc3cccc4c3C(=O)N(C3CCC(=O)NC3=O)C4=O)cc2F)C(=O)C1Oc1ccc(C#N)c(C(F)(F)F)c1. The number of alkyl halides is 3. The number of carbonyl (C=O) groups excluding carboxylic acids is 5. The van der Waals surface area contributed by atoms with Gasteiger partial charge in [-0.3, -0.25) is 34.2 Å². The summed E-state index contributed by atoms with van der Waals surface area (Å²) in [5.41, 5.74) is -1.60. The van der Waals surface area contributed by atoms with E-state index in [1.165, 1.54) is 29.2 Å². The van der Waals surface area contributed by atoms with E-state index >= 15 is 4.39 Å². The Morgan fingerprint density at radius 1 is 0.859 bits per heavy atom. The van der Waals surface area contributed by atoms with Gasteiger partial charge in [0, 0.05) is 42.7 Å². The number of halogens is 4. The first-order chi connectivity index (χ1) is 30.6. The molecule has 0 aromatic heterocycles. The molecule has 2 unspecified atom stereocenters. The zero-order valence-corrected chi connectivity index (χ0v) is 35.1. The van der Waals surface area contributed by atoms with Crippen molar-refractivity contribution in [1.82, 2.24) is 15.1 Å². The van der Waals surface area contributed by atoms with E-state index in [4.69, 9.17) is 33.7 Å². The highest BCUT2D eigenvalue weighted by molar-refractivity contribution is 6.24. The second-order valence-electron chi connectivity index (χ2n) is 15.7. The molecule has 20 heteroatoms. The van der Waals surface area contributed by atoms with E-state index in [9.17, 15) is 37.1 Å². The van der Waals surface area contributed by atoms with Gasteiger partial charge in [0.1, 0.15) is 30.0 Å². The van der Waals surface area contributed by atoms with Gasteiger partial charge < -0.3 is 38.6 Å². The molecule has 2 N–H and O–H groups in total. The van der Waals surface area contributed by atoms with Crippen molar-refractivity contribution in [3.63, 3.8) is 0 Å². The van der Waals surface area contributed by atoms with Crippen LogP contribution in [0.5, 0.6) is 11.5 Å². The highest BCUT2D eigenvalue weighted by Gasteiger charge is 2.49. The maximum Gasteiger partial charge on any atom is 0.417 e. The van der Waals surface area contributed by atoms with E-state index in [0.717, 1.165) is 11.0 Å². The van der Waals surface area contributed by atoms with Crippen LogP contribution >= 0.6 is 0 Å². The van der Waals surface area contributed by atoms with Crippen molar-refractivity contribution in [2.24, 2.45) is 5.41 Å². The van der Waals surface area contributed by atoms with Crippen molar-refractivity contribution in [1.29, 1.82) is 5.26 Å². The fraction of sp³-hybridized carbons (Fsp3) is 0.455. The Hall–Kier alpha value is -6.14. The number of benzene rings is 3. The summed E-state index contributed by atoms with van der Waals surface area (Å²) in [6, 6.07) is 12.5. The Morgan fingerprint density at radius 2 is 1.53 bits per heavy atom. The molecule has 5 amide bonds. The molecule has 64 heavy (non-hydrogen) atoms. The molecule has 3 heterocycles. The number of carbonyl (C=O) groups is 5. The smallest absolute Gasteiger partial charge is 0.417 e. The van der Waals surface area contributed by atoms with Crippen molar-refractivity contribution in [2.75, 3.05) is 77.9 Å². The van der Waals surface area contributed by atoms with Gasteiger partial charge in [0.25, 0.3) is 17.7 Å². The van der Waals surface area contributed by atoms with Crippen molar-refractivity contribution < 1.29 is 70.0 Å². The number of anilines is 1. The third-order valence-electron chi connectivity index (χ3n) is 10.5. The summed E-state index contributed by atoms with van der Waals surface area (Å²) >= 11 is 0. The van der Waals surface area contributed by atoms with Crippen molar-refractivity contribution in [3.05, 3.63) is 88.2 Å². The van der Waals surface area contributed by atoms with Crippen LogP contribution < -0.4 is 20.1 Å². The van der Waals surface area contributed by atoms with Crippen LogP contribution in [-0.4, -0.2) is 124 Å². The average molecular weight is 898 g/mol. The first-order valence-corrected chi connectivity index (χ1v) is 20.5. The number of nitrogens with zero attached hydrogens (tertiary/aromatic N) is 3. The molecule has 0 radical (unpaired) electrons. The third kappa shape index (κ3) is 11.5. The first-order valence-electron chi connectivity index (χ1n) is 20.5. The molecular weight excluding hydrogens is 851 g/mol. The van der Waals surface area contributed by atoms with E-state index in [1.54, 1.807) is 38.1 Å². The minimum absolute atomic E-state index is 0.0232. The lowest BCUT2D eigenvalue weighted by molar-refractivity contribution is -0.138. The van der Waals surface area contributed by atoms with Crippen LogP contribution in [0.15, 0.2) is 54.6 Å². The number of rotatable bonds is 22. The van der Waals surface area contributed by atoms with Gasteiger partial charge in [0.15, 0.2) is 6.10 Å². The molecule has 0 saturated carbocycles. The van der Waals surface area contributed by atoms with Crippen LogP contribution in [-0.2, 0) is 46.1 Å². The molecule has 16 nitrogen and oxygen atoms in total. The van der Waals surface area contributed by atoms with Crippen LogP contribution in [0.3, 0.4) is 0 Å². The van der Waals surface area contributed by atoms with E-state index in [1.807, 2.05) is 0 Å². The fourth-order valence-electron chi connectivity index (χ4n) is 7.40. The van der Waals surface area contributed by atoms with Gasteiger partial charge >= 0.3 is 6.18 Å². The van der Waals surface area contributed by atoms with Crippen LogP contribution in [0.4, 0.5) is 23.2 Å². The topological polar surface area (TPSA) is 195 Å². The lowest BCUT2D eigenvalue weighted by Crippen LogP contribution is -2.54. The highest BCUT2D eigenvalue weighted by Crippen LogP contribution is 2.39. The minimum atomic E-state index is -4.79. The number of fused-ring (bicyclic) bond motifs is 1. The number of ether oxygens (including phenoxy) is 6. The number of hydrogen-bond acceptors (Lipinski definition) is 13. The summed E-state index contributed by atoms with van der Waals surface area (Å²) in [6.07, 6.45) is -5.84. The van der Waals surface area contributed by atoms with Crippen LogP contribution in [0, 0.1) is 22.6 Å². The standard InChI is InChI=1S/C44H47F4N5O11/c1-43(2)26-52(42(58)38(43)64-30-9-7-27(24-49)32(23-30)44(46,47)48)25-28-6-8-29(22-33(28)45)50-12-13-59-14-15-60-16-17-61-18-19-62-20-21-63-35-5-3-4-31-37(35)41(57)53(40(31)56)34-10-11-36(54)51-39(34)55/h3-9,22-23,34,38,50H,10-21,25-26H2,1-2H3,(H,51,54,55). The minimum Gasteiger partial charge on any atom is -0.490 e. The summed E-state index contributed by atoms with van der Waals surface area (Å²) in [7, 11) is 0. The molecule has 0 aliphatic carbocycles. The maximum absolute atomic E-state index is 15.1. The lowest BCUT2D eigenvalue weighted by Gasteiger charge is -2.27. The van der Waals surface area contributed by atoms with Crippen molar-refractivity contribution in [2.45, 2.75) is 51.6 Å². The molecule has 3 aliphatic rings. The summed E-state index contributed by atoms with van der Waals surface area (Å²) in [6.45, 7) is 6.38. The number of nitriles is 1. The number of imide groups is 2. The first kappa shape index (κ1) is 47.3. The van der Waals surface area contributed by atoms with Crippen LogP contribution in [0.25, 0.3) is 0 Å². The Kier molecular flexibility index (Phi) is 15.6. The van der Waals surface area contributed by atoms with Gasteiger partial charge in [-0.2, -0.15) is 18.4 Å². The Bertz CT molecular complexity index is 2270. The Morgan fingerprint density at radius 3 is 2.17 bits per heavy atom. The van der Waals surface area contributed by atoms with Crippen LogP contribution in [0.1, 0.15) is 64.1 Å². The predicted molar refractivity (Wildman–Crippen MR) is 217 cm³/mol. The number of likely N-dealkylation sites (tertiary alicyclic amines) is 1. The Balaban J connectivity index is 0.793. The van der Waals surface area contributed by atoms with Gasteiger partial charge in [-0.15, -0.1) is 0 Å². The molecule has 0 bridgehead atoms. The third-order valence-corrected chi connectivity index (χ3v) is 10.5. The van der Waals surface area contributed by atoms with E-state index in [0.29, 0.717) is 57.9 Å². The molecule has 2 atom stereocenters. The van der Waals surface area contributed by atoms with Gasteiger partial charge in [-0.1, -0.05) is 26.0 Å². The monoisotopic (exact) mass is 897 g/mol. The lowest BCUT2D eigenvalue weighted by atomic mass is 9.89. The summed E-state index contributed by atoms with van der Waals surface area (Å²) in [5, 5.41) is 14.3. The second-order valence-corrected chi connectivity index (χ2v) is 15.7. The van der Waals surface area contributed by atoms with E-state index in [2.05, 4.69) is 10.6 Å². The number of hydrogen-bond donors (Lipinski definition) is 2. The van der Waals surface area contributed by atoms with E-state index < -0.39 is 70.2 Å². The zero-order chi connectivity index (χ0) is 46.0. The fourth-order valence-corrected chi connectivity index (χ4v) is 7.40. The molecule has 2 fully saturated rings. The highest BCUT2D eigenvalue weighted by atomic mass is 19.4. The number of amides is 5. The van der Waals surface area contributed by atoms with Gasteiger partial charge in [0.2, 0.25) is 11.8 Å². The molecule has 0 spiro atoms. The van der Waals surface area contributed by atoms with Gasteiger partial charge in [-0.05, 0) is 48.9 Å². The average Bonchev–Trinajstić information content (AvgIpc) is 3.63. The molecule has 6 rings (SSSR count). The van der Waals surface area contributed by atoms with Gasteiger partial charge in [0.05, 0.1) is 81.2 Å². The molecule has 2 saturated heterocycles. The van der Waals surface area contributed by atoms with E-state index in [-0.39, 0.29) is 73.9 Å². The largest absolute Gasteiger partial charge is 0.490 e. The van der Waals surface area contributed by atoms with Crippen molar-refractivity contribution in [3.8, 4) is 17.6 Å². The maximum atomic E-state index is 15.1. The molecule has 3 aromatic rings. The quantitative estimate of drug-likeness (QED) is 0.0815. The van der Waals surface area contributed by atoms with Gasteiger partial charge in [-0.25, -0.2) is 4.39 Å². The molecular formula is C44H47F4N5O11. The summed E-state index contributed by atoms with van der Waals surface area (Å²) in [4.78, 5) is 65.6. The summed E-state index contributed by atoms with van der Waals surface area (Å²) < 4.78 is 89.2. The molecule has 3 aliphatic heterocycles. The predicted octanol–water partition coefficient (Wildman–Crippen LogP) is 4.49. The molecule has 342 valence electrons. The Labute approximate surface area is 365 Å². The normalized spacial score (nSPS) is 18.3. The number of piperidine rings is 1. The van der Waals surface area contributed by atoms with Crippen molar-refractivity contribution >= 4 is 35.2 Å². The summed E-state index contributed by atoms with van der Waals surface area (Å²) in [5.74, 6) is -3.48.